The molecule has 0 aromatic heterocycles. The van der Waals surface area contributed by atoms with E-state index in [4.69, 9.17) is 0 Å². The number of rotatable bonds is 3. The van der Waals surface area contributed by atoms with Crippen molar-refractivity contribution in [3.8, 4) is 0 Å². The molecule has 54 valence electrons. The summed E-state index contributed by atoms with van der Waals surface area (Å²) in [6.45, 7) is 1.89. The first-order valence-corrected chi connectivity index (χ1v) is 4.62. The fourth-order valence-corrected chi connectivity index (χ4v) is 2.16. The minimum atomic E-state index is -2.31. The highest BCUT2D eigenvalue weighted by Gasteiger charge is 2.35. The lowest BCUT2D eigenvalue weighted by atomic mass is 11.0. The Hall–Kier alpha value is 0.110. The van der Waals surface area contributed by atoms with Crippen molar-refractivity contribution < 1.29 is 4.57 Å². The van der Waals surface area contributed by atoms with Crippen molar-refractivity contribution in [2.75, 3.05) is 27.2 Å². The first-order valence-electron chi connectivity index (χ1n) is 2.96. The number of hydrogen-bond acceptors (Lipinski definition) is 1. The quantitative estimate of drug-likeness (QED) is 0.432. The maximum absolute atomic E-state index is 11.4. The first kappa shape index (κ1) is 7.22. The molecule has 0 saturated carbocycles. The molecule has 2 N–H and O–H groups in total. The van der Waals surface area contributed by atoms with E-state index in [0.29, 0.717) is 0 Å². The molecule has 0 unspecified atom stereocenters. The van der Waals surface area contributed by atoms with Crippen LogP contribution in [-0.2, 0) is 4.57 Å². The molecular formula is C4H12N3OP. The van der Waals surface area contributed by atoms with Gasteiger partial charge < -0.3 is 0 Å². The van der Waals surface area contributed by atoms with Crippen LogP contribution >= 0.6 is 7.59 Å². The molecule has 4 nitrogen and oxygen atoms in total. The molecular weight excluding hydrogens is 137 g/mol. The third-order valence-corrected chi connectivity index (χ3v) is 3.84. The van der Waals surface area contributed by atoms with Gasteiger partial charge in [0.1, 0.15) is 0 Å². The molecule has 0 atom stereocenters. The smallest absolute Gasteiger partial charge is 0.271 e. The summed E-state index contributed by atoms with van der Waals surface area (Å²) in [7, 11) is 1.10. The predicted octanol–water partition coefficient (Wildman–Crippen LogP) is -0.151. The lowest BCUT2D eigenvalue weighted by Crippen LogP contribution is -2.20. The molecule has 5 heteroatoms. The molecule has 0 radical (unpaired) electrons. The van der Waals surface area contributed by atoms with Gasteiger partial charge in [-0.15, -0.1) is 0 Å². The monoisotopic (exact) mass is 149 g/mol. The van der Waals surface area contributed by atoms with Crippen LogP contribution in [0.25, 0.3) is 0 Å². The minimum Gasteiger partial charge on any atom is -0.271 e. The summed E-state index contributed by atoms with van der Waals surface area (Å²) in [6.07, 6.45) is 0. The second-order valence-corrected chi connectivity index (χ2v) is 4.59. The van der Waals surface area contributed by atoms with Crippen LogP contribution in [-0.4, -0.2) is 31.9 Å². The molecule has 1 aliphatic rings. The van der Waals surface area contributed by atoms with Crippen LogP contribution in [0, 0.1) is 0 Å². The van der Waals surface area contributed by atoms with Crippen LogP contribution in [0.3, 0.4) is 0 Å². The Labute approximate surface area is 55.1 Å². The van der Waals surface area contributed by atoms with Crippen molar-refractivity contribution >= 4 is 7.59 Å². The van der Waals surface area contributed by atoms with Crippen molar-refractivity contribution in [1.29, 1.82) is 0 Å². The largest absolute Gasteiger partial charge is 0.281 e. The van der Waals surface area contributed by atoms with E-state index in [9.17, 15) is 4.57 Å². The van der Waals surface area contributed by atoms with Crippen LogP contribution in [0.1, 0.15) is 0 Å². The van der Waals surface area contributed by atoms with Gasteiger partial charge in [0.25, 0.3) is 7.59 Å². The van der Waals surface area contributed by atoms with Crippen LogP contribution in [0.15, 0.2) is 0 Å². The van der Waals surface area contributed by atoms with Gasteiger partial charge >= 0.3 is 0 Å². The normalized spacial score (nSPS) is 20.2. The first-order chi connectivity index (χ1) is 4.23. The van der Waals surface area contributed by atoms with E-state index in [0.717, 1.165) is 13.1 Å². The number of hydrogen-bond donors (Lipinski definition) is 2. The van der Waals surface area contributed by atoms with Gasteiger partial charge in [-0.25, -0.2) is 14.8 Å². The van der Waals surface area contributed by atoms with Gasteiger partial charge in [0, 0.05) is 13.1 Å². The van der Waals surface area contributed by atoms with Crippen molar-refractivity contribution in [3.63, 3.8) is 0 Å². The Kier molecular flexibility index (Phi) is 1.91. The fraction of sp³-hybridized carbons (Fsp3) is 1.00. The fourth-order valence-electron chi connectivity index (χ4n) is 0.721. The third-order valence-electron chi connectivity index (χ3n) is 1.43. The Balaban J connectivity index is 2.54. The molecule has 0 amide bonds. The van der Waals surface area contributed by atoms with Crippen LogP contribution in [0.2, 0.25) is 0 Å². The maximum Gasteiger partial charge on any atom is 0.281 e. The van der Waals surface area contributed by atoms with E-state index < -0.39 is 7.59 Å². The second kappa shape index (κ2) is 2.39. The van der Waals surface area contributed by atoms with Gasteiger partial charge in [0.2, 0.25) is 0 Å². The Bertz CT molecular complexity index is 137. The Morgan fingerprint density at radius 3 is 1.89 bits per heavy atom. The highest BCUT2D eigenvalue weighted by Crippen LogP contribution is 2.44. The molecule has 0 aromatic carbocycles. The van der Waals surface area contributed by atoms with Gasteiger partial charge in [0.05, 0.1) is 0 Å². The van der Waals surface area contributed by atoms with Crippen LogP contribution in [0.4, 0.5) is 0 Å². The highest BCUT2D eigenvalue weighted by molar-refractivity contribution is 7.57. The van der Waals surface area contributed by atoms with Crippen molar-refractivity contribution in [2.45, 2.75) is 0 Å². The van der Waals surface area contributed by atoms with Gasteiger partial charge in [-0.2, -0.15) is 0 Å². The SMILES string of the molecule is CNP(=O)(NC)N1CC1. The van der Waals surface area contributed by atoms with E-state index in [1.54, 1.807) is 14.1 Å². The van der Waals surface area contributed by atoms with E-state index >= 15 is 0 Å². The summed E-state index contributed by atoms with van der Waals surface area (Å²) >= 11 is 0. The zero-order chi connectivity index (χ0) is 6.91. The maximum atomic E-state index is 11.4. The molecule has 1 fully saturated rings. The summed E-state index contributed by atoms with van der Waals surface area (Å²) in [5, 5.41) is 5.52. The van der Waals surface area contributed by atoms with E-state index in [2.05, 4.69) is 10.2 Å². The number of nitrogens with one attached hydrogen (secondary N) is 2. The molecule has 1 heterocycles. The topological polar surface area (TPSA) is 44.1 Å². The number of nitrogens with zero attached hydrogens (tertiary/aromatic N) is 1. The molecule has 0 aliphatic carbocycles. The summed E-state index contributed by atoms with van der Waals surface area (Å²) in [4.78, 5) is 0. The zero-order valence-corrected chi connectivity index (χ0v) is 6.61. The van der Waals surface area contributed by atoms with Crippen molar-refractivity contribution in [2.24, 2.45) is 0 Å². The Morgan fingerprint density at radius 1 is 1.33 bits per heavy atom. The van der Waals surface area contributed by atoms with Crippen LogP contribution in [0.5, 0.6) is 0 Å². The van der Waals surface area contributed by atoms with Gasteiger partial charge in [-0.1, -0.05) is 0 Å². The van der Waals surface area contributed by atoms with Crippen LogP contribution < -0.4 is 10.2 Å². The van der Waals surface area contributed by atoms with Crippen molar-refractivity contribution in [1.82, 2.24) is 14.8 Å². The van der Waals surface area contributed by atoms with Crippen molar-refractivity contribution in [3.05, 3.63) is 0 Å². The zero-order valence-electron chi connectivity index (χ0n) is 5.72. The summed E-state index contributed by atoms with van der Waals surface area (Å²) in [5.41, 5.74) is 0. The summed E-state index contributed by atoms with van der Waals surface area (Å²) < 4.78 is 13.3. The van der Waals surface area contributed by atoms with E-state index in [1.807, 2.05) is 4.67 Å². The second-order valence-electron chi connectivity index (χ2n) is 1.98. The molecule has 0 spiro atoms. The average molecular weight is 149 g/mol. The molecule has 0 aromatic rings. The standard InChI is InChI=1S/C4H12N3OP/c1-5-9(8,6-2)7-3-4-7/h3-4H2,1-2H3,(H2,5,6,8). The highest BCUT2D eigenvalue weighted by atomic mass is 31.2. The lowest BCUT2D eigenvalue weighted by molar-refractivity contribution is 0.533. The molecule has 1 aliphatic heterocycles. The van der Waals surface area contributed by atoms with E-state index in [1.165, 1.54) is 0 Å². The summed E-state index contributed by atoms with van der Waals surface area (Å²) in [5.74, 6) is 0. The van der Waals surface area contributed by atoms with E-state index in [-0.39, 0.29) is 0 Å². The lowest BCUT2D eigenvalue weighted by Gasteiger charge is -2.15. The molecule has 1 saturated heterocycles. The minimum absolute atomic E-state index is 0.943. The third kappa shape index (κ3) is 1.33. The predicted molar refractivity (Wildman–Crippen MR) is 37.3 cm³/mol. The molecule has 1 rings (SSSR count). The molecule has 0 bridgehead atoms. The van der Waals surface area contributed by atoms with Gasteiger partial charge in [0.15, 0.2) is 0 Å². The van der Waals surface area contributed by atoms with Gasteiger partial charge in [-0.3, -0.25) is 4.57 Å². The Morgan fingerprint density at radius 2 is 1.78 bits per heavy atom. The van der Waals surface area contributed by atoms with Gasteiger partial charge in [-0.05, 0) is 14.1 Å². The average Bonchev–Trinajstić information content (AvgIpc) is 2.68. The summed E-state index contributed by atoms with van der Waals surface area (Å²) in [6, 6.07) is 0. The molecule has 9 heavy (non-hydrogen) atoms.